The lowest BCUT2D eigenvalue weighted by Gasteiger charge is -2.41. The molecule has 0 aliphatic rings. The Bertz CT molecular complexity index is 1160. The Kier molecular flexibility index (Phi) is 12.1. The lowest BCUT2D eigenvalue weighted by molar-refractivity contribution is -0.158. The van der Waals surface area contributed by atoms with E-state index in [2.05, 4.69) is 5.32 Å². The lowest BCUT2D eigenvalue weighted by Crippen LogP contribution is -2.61. The van der Waals surface area contributed by atoms with Crippen LogP contribution in [-0.2, 0) is 24.5 Å². The number of amides is 2. The second kappa shape index (κ2) is 13.8. The number of nitrogens with zero attached hydrogens (tertiary/aromatic N) is 2. The van der Waals surface area contributed by atoms with Gasteiger partial charge in [-0.1, -0.05) is 66.7 Å². The van der Waals surface area contributed by atoms with Crippen molar-refractivity contribution in [2.45, 2.75) is 105 Å². The third kappa shape index (κ3) is 9.66. The number of carbonyl (C=O) groups excluding carboxylic acids is 3. The summed E-state index contributed by atoms with van der Waals surface area (Å²) in [5.74, 6) is -2.59. The summed E-state index contributed by atoms with van der Waals surface area (Å²) in [6.45, 7) is 19.7. The minimum Gasteiger partial charge on any atom is -0.478 e. The molecule has 0 bridgehead atoms. The maximum absolute atomic E-state index is 13.8. The zero-order valence-electron chi connectivity index (χ0n) is 27.5. The molecule has 0 saturated carbocycles. The first-order valence-corrected chi connectivity index (χ1v) is 14.2. The predicted molar refractivity (Wildman–Crippen MR) is 162 cm³/mol. The van der Waals surface area contributed by atoms with Crippen LogP contribution in [0.1, 0.15) is 92.1 Å². The van der Waals surface area contributed by atoms with Gasteiger partial charge in [-0.3, -0.25) is 9.59 Å². The smallest absolute Gasteiger partial charge is 0.338 e. The van der Waals surface area contributed by atoms with Crippen LogP contribution in [0.3, 0.4) is 0 Å². The second-order valence-electron chi connectivity index (χ2n) is 13.9. The number of carbonyl (C=O) groups is 4. The fourth-order valence-corrected chi connectivity index (χ4v) is 4.79. The number of nitrogens with one attached hydrogen (secondary N) is 1. The van der Waals surface area contributed by atoms with E-state index in [-0.39, 0.29) is 17.4 Å². The number of hydroxylamine groups is 2. The van der Waals surface area contributed by atoms with Crippen molar-refractivity contribution in [3.8, 4) is 0 Å². The van der Waals surface area contributed by atoms with E-state index in [1.165, 1.54) is 18.9 Å². The summed E-state index contributed by atoms with van der Waals surface area (Å²) in [5, 5.41) is 23.7. The van der Waals surface area contributed by atoms with Crippen LogP contribution in [0.15, 0.2) is 35.9 Å². The Hall–Kier alpha value is -3.24. The van der Waals surface area contributed by atoms with E-state index in [1.54, 1.807) is 72.0 Å². The van der Waals surface area contributed by atoms with E-state index in [0.717, 1.165) is 5.06 Å². The fraction of sp³-hybridized carbons (Fsp3) is 0.625. The molecule has 2 amide bonds. The first kappa shape index (κ1) is 36.8. The molecule has 1 aromatic rings. The quantitative estimate of drug-likeness (QED) is 0.193. The minimum absolute atomic E-state index is 0.0940. The zero-order chi connectivity index (χ0) is 33.0. The number of esters is 1. The maximum Gasteiger partial charge on any atom is 0.338 e. The molecule has 42 heavy (non-hydrogen) atoms. The number of benzene rings is 1. The third-order valence-electron chi connectivity index (χ3n) is 7.20. The van der Waals surface area contributed by atoms with Crippen LogP contribution in [-0.4, -0.2) is 81.9 Å². The van der Waals surface area contributed by atoms with E-state index in [0.29, 0.717) is 11.1 Å². The van der Waals surface area contributed by atoms with Crippen LogP contribution in [0, 0.1) is 11.3 Å². The van der Waals surface area contributed by atoms with Gasteiger partial charge < -0.3 is 25.3 Å². The molecule has 0 aliphatic heterocycles. The molecule has 0 aliphatic carbocycles. The molecule has 0 aromatic heterocycles. The average molecular weight is 590 g/mol. The van der Waals surface area contributed by atoms with Crippen molar-refractivity contribution in [2.24, 2.45) is 11.3 Å². The highest BCUT2D eigenvalue weighted by molar-refractivity contribution is 5.92. The van der Waals surface area contributed by atoms with Crippen LogP contribution < -0.4 is 5.32 Å². The molecule has 3 atom stereocenters. The van der Waals surface area contributed by atoms with Crippen molar-refractivity contribution < 1.29 is 34.2 Å². The molecule has 0 unspecified atom stereocenters. The number of likely N-dealkylation sites (N-methyl/N-ethyl adjacent to an activating group) is 2. The number of ether oxygens (including phenoxy) is 1. The molecule has 0 radical (unpaired) electrons. The minimum atomic E-state index is -1.11. The maximum atomic E-state index is 13.8. The van der Waals surface area contributed by atoms with E-state index >= 15 is 0 Å². The molecule has 1 rings (SSSR count). The van der Waals surface area contributed by atoms with Crippen LogP contribution >= 0.6 is 0 Å². The third-order valence-corrected chi connectivity index (χ3v) is 7.20. The van der Waals surface area contributed by atoms with Crippen molar-refractivity contribution in [1.82, 2.24) is 15.3 Å². The fourth-order valence-electron chi connectivity index (χ4n) is 4.79. The van der Waals surface area contributed by atoms with Gasteiger partial charge in [0.2, 0.25) is 11.8 Å². The Morgan fingerprint density at radius 2 is 1.43 bits per heavy atom. The number of carboxylic acids is 1. The lowest BCUT2D eigenvalue weighted by atomic mass is 9.76. The first-order chi connectivity index (χ1) is 18.9. The summed E-state index contributed by atoms with van der Waals surface area (Å²) in [7, 11) is 2.96. The highest BCUT2D eigenvalue weighted by atomic mass is 16.6. The number of carboxylic acid groups (broad SMARTS) is 1. The topological polar surface area (TPSA) is 136 Å². The van der Waals surface area contributed by atoms with Gasteiger partial charge in [-0.05, 0) is 56.7 Å². The van der Waals surface area contributed by atoms with Gasteiger partial charge in [-0.2, -0.15) is 5.06 Å². The summed E-state index contributed by atoms with van der Waals surface area (Å²) < 4.78 is 5.43. The molecule has 0 heterocycles. The van der Waals surface area contributed by atoms with Gasteiger partial charge >= 0.3 is 11.9 Å². The summed E-state index contributed by atoms with van der Waals surface area (Å²) in [4.78, 5) is 53.1. The molecule has 1 aromatic carbocycles. The molecular weight excluding hydrogens is 538 g/mol. The molecule has 0 saturated heterocycles. The van der Waals surface area contributed by atoms with Crippen molar-refractivity contribution in [2.75, 3.05) is 14.1 Å². The van der Waals surface area contributed by atoms with E-state index in [1.807, 2.05) is 34.6 Å². The monoisotopic (exact) mass is 589 g/mol. The van der Waals surface area contributed by atoms with Gasteiger partial charge in [0.15, 0.2) is 0 Å². The molecular formula is C32H51N3O7. The van der Waals surface area contributed by atoms with Gasteiger partial charge in [0, 0.05) is 25.1 Å². The van der Waals surface area contributed by atoms with E-state index in [9.17, 15) is 29.5 Å². The predicted octanol–water partition coefficient (Wildman–Crippen LogP) is 4.65. The largest absolute Gasteiger partial charge is 0.478 e. The van der Waals surface area contributed by atoms with E-state index in [4.69, 9.17) is 4.74 Å². The second-order valence-corrected chi connectivity index (χ2v) is 13.9. The van der Waals surface area contributed by atoms with E-state index < -0.39 is 52.4 Å². The Balaban J connectivity index is 3.40. The highest BCUT2D eigenvalue weighted by Crippen LogP contribution is 2.32. The molecule has 10 nitrogen and oxygen atoms in total. The normalized spacial score (nSPS) is 15.2. The van der Waals surface area contributed by atoms with Gasteiger partial charge in [0.05, 0.1) is 11.6 Å². The molecule has 3 N–H and O–H groups in total. The molecule has 10 heteroatoms. The van der Waals surface area contributed by atoms with Gasteiger partial charge in [-0.15, -0.1) is 0 Å². The average Bonchev–Trinajstić information content (AvgIpc) is 2.82. The molecule has 236 valence electrons. The van der Waals surface area contributed by atoms with Crippen LogP contribution in [0.5, 0.6) is 0 Å². The SMILES string of the molecule is C/C(=C\[C@H](C(C)C)N(C)C(=O)[C@@H](NC(=O)[C@@H](N(C)O)C(C)(C)c1ccc(C(=O)OC(C)(C)C)cc1)C(C)(C)C)C(=O)O. The Labute approximate surface area is 251 Å². The number of rotatable bonds is 11. The van der Waals surface area contributed by atoms with Crippen molar-refractivity contribution >= 4 is 23.8 Å². The Morgan fingerprint density at radius 1 is 0.929 bits per heavy atom. The summed E-state index contributed by atoms with van der Waals surface area (Å²) in [6.07, 6.45) is 1.54. The van der Waals surface area contributed by atoms with Gasteiger partial charge in [0.1, 0.15) is 17.7 Å². The van der Waals surface area contributed by atoms with Gasteiger partial charge in [-0.25, -0.2) is 9.59 Å². The molecule has 0 spiro atoms. The van der Waals surface area contributed by atoms with Gasteiger partial charge in [0.25, 0.3) is 0 Å². The van der Waals surface area contributed by atoms with Crippen LogP contribution in [0.4, 0.5) is 0 Å². The summed E-state index contributed by atoms with van der Waals surface area (Å²) in [6, 6.07) is 4.05. The summed E-state index contributed by atoms with van der Waals surface area (Å²) in [5.41, 5.74) is -1.17. The van der Waals surface area contributed by atoms with Crippen molar-refractivity contribution in [3.63, 3.8) is 0 Å². The number of hydrogen-bond donors (Lipinski definition) is 3. The Morgan fingerprint density at radius 3 is 1.81 bits per heavy atom. The van der Waals surface area contributed by atoms with Crippen LogP contribution in [0.25, 0.3) is 0 Å². The highest BCUT2D eigenvalue weighted by Gasteiger charge is 2.44. The van der Waals surface area contributed by atoms with Crippen molar-refractivity contribution in [3.05, 3.63) is 47.0 Å². The van der Waals surface area contributed by atoms with Crippen molar-refractivity contribution in [1.29, 1.82) is 0 Å². The number of hydrogen-bond acceptors (Lipinski definition) is 7. The summed E-state index contributed by atoms with van der Waals surface area (Å²) >= 11 is 0. The number of aliphatic carboxylic acids is 1. The molecule has 0 fully saturated rings. The van der Waals surface area contributed by atoms with Crippen LogP contribution in [0.2, 0.25) is 0 Å². The standard InChI is InChI=1S/C32H51N3O7/c1-19(2)23(18-20(3)28(38)39)34(12)27(37)24(30(4,5)6)33-26(36)25(35(13)41)32(10,11)22-16-14-21(15-17-22)29(40)42-31(7,8)9/h14-19,23-25,41H,1-13H3,(H,33,36)(H,38,39)/b20-18+/t23-,24-,25-/m1/s1. The first-order valence-electron chi connectivity index (χ1n) is 14.2. The zero-order valence-corrected chi connectivity index (χ0v) is 27.5.